The van der Waals surface area contributed by atoms with Gasteiger partial charge in [0.2, 0.25) is 0 Å². The van der Waals surface area contributed by atoms with Crippen LogP contribution in [0.25, 0.3) is 83.9 Å². The van der Waals surface area contributed by atoms with Crippen molar-refractivity contribution in [3.05, 3.63) is 216 Å². The number of fused-ring (bicyclic) bond motifs is 13. The highest BCUT2D eigenvalue weighted by molar-refractivity contribution is 6.09. The molecular formula is C52H32N4. The van der Waals surface area contributed by atoms with E-state index in [4.69, 9.17) is 15.0 Å². The number of hydrogen-bond acceptors (Lipinski definition) is 3. The quantitative estimate of drug-likeness (QED) is 0.182. The lowest BCUT2D eigenvalue weighted by Gasteiger charge is -2.31. The molecule has 8 aromatic carbocycles. The van der Waals surface area contributed by atoms with Gasteiger partial charge in [-0.1, -0.05) is 164 Å². The van der Waals surface area contributed by atoms with Crippen LogP contribution in [0.3, 0.4) is 0 Å². The van der Waals surface area contributed by atoms with Gasteiger partial charge in [-0.2, -0.15) is 0 Å². The third-order valence-corrected chi connectivity index (χ3v) is 11.9. The van der Waals surface area contributed by atoms with Gasteiger partial charge in [0.15, 0.2) is 17.5 Å². The summed E-state index contributed by atoms with van der Waals surface area (Å²) in [7, 11) is 0. The first kappa shape index (κ1) is 31.0. The molecule has 1 spiro atoms. The summed E-state index contributed by atoms with van der Waals surface area (Å²) in [5, 5.41) is 2.51. The first-order chi connectivity index (χ1) is 27.8. The smallest absolute Gasteiger partial charge is 0.164 e. The minimum atomic E-state index is -0.555. The maximum absolute atomic E-state index is 5.16. The Morgan fingerprint density at radius 2 is 0.750 bits per heavy atom. The Labute approximate surface area is 324 Å². The highest BCUT2D eigenvalue weighted by Crippen LogP contribution is 2.63. The van der Waals surface area contributed by atoms with Crippen LogP contribution in [-0.2, 0) is 5.41 Å². The third kappa shape index (κ3) is 4.27. The van der Waals surface area contributed by atoms with Crippen molar-refractivity contribution in [2.45, 2.75) is 5.41 Å². The second-order valence-electron chi connectivity index (χ2n) is 14.7. The second kappa shape index (κ2) is 11.8. The van der Waals surface area contributed by atoms with Crippen LogP contribution >= 0.6 is 0 Å². The molecule has 0 unspecified atom stereocenters. The molecule has 260 valence electrons. The number of aromatic nitrogens is 4. The Balaban J connectivity index is 1.14. The van der Waals surface area contributed by atoms with E-state index in [-0.39, 0.29) is 0 Å². The van der Waals surface area contributed by atoms with E-state index < -0.39 is 5.41 Å². The summed E-state index contributed by atoms with van der Waals surface area (Å²) in [5.74, 6) is 1.96. The average molecular weight is 713 g/mol. The van der Waals surface area contributed by atoms with E-state index in [1.165, 1.54) is 66.3 Å². The predicted molar refractivity (Wildman–Crippen MR) is 227 cm³/mol. The van der Waals surface area contributed by atoms with E-state index in [1.807, 2.05) is 36.4 Å². The Morgan fingerprint density at radius 1 is 0.321 bits per heavy atom. The van der Waals surface area contributed by atoms with Gasteiger partial charge in [-0.05, 0) is 74.8 Å². The molecule has 0 amide bonds. The minimum Gasteiger partial charge on any atom is -0.309 e. The molecule has 2 aliphatic carbocycles. The van der Waals surface area contributed by atoms with Crippen molar-refractivity contribution < 1.29 is 0 Å². The Hall–Kier alpha value is -7.43. The van der Waals surface area contributed by atoms with Gasteiger partial charge in [0, 0.05) is 33.2 Å². The lowest BCUT2D eigenvalue weighted by atomic mass is 9.70. The summed E-state index contributed by atoms with van der Waals surface area (Å²) in [6.45, 7) is 0. The summed E-state index contributed by atoms with van der Waals surface area (Å²) >= 11 is 0. The van der Waals surface area contributed by atoms with Crippen LogP contribution in [-0.4, -0.2) is 19.5 Å². The summed E-state index contributed by atoms with van der Waals surface area (Å²) in [6.07, 6.45) is 0. The van der Waals surface area contributed by atoms with Crippen LogP contribution in [0.4, 0.5) is 0 Å². The van der Waals surface area contributed by atoms with Crippen molar-refractivity contribution in [2.24, 2.45) is 0 Å². The fourth-order valence-corrected chi connectivity index (χ4v) is 9.54. The molecule has 0 N–H and O–H groups in total. The molecule has 12 rings (SSSR count). The molecule has 0 radical (unpaired) electrons. The van der Waals surface area contributed by atoms with Crippen molar-refractivity contribution in [3.63, 3.8) is 0 Å². The number of benzene rings is 8. The van der Waals surface area contributed by atoms with Gasteiger partial charge in [-0.3, -0.25) is 0 Å². The number of rotatable bonds is 4. The molecule has 2 aliphatic rings. The normalized spacial score (nSPS) is 13.1. The minimum absolute atomic E-state index is 0.555. The van der Waals surface area contributed by atoms with Crippen molar-refractivity contribution in [3.8, 4) is 62.1 Å². The molecule has 56 heavy (non-hydrogen) atoms. The van der Waals surface area contributed by atoms with Gasteiger partial charge in [-0.25, -0.2) is 15.0 Å². The summed E-state index contributed by atoms with van der Waals surface area (Å²) in [6, 6.07) is 69.7. The fourth-order valence-electron chi connectivity index (χ4n) is 9.54. The van der Waals surface area contributed by atoms with Crippen molar-refractivity contribution >= 4 is 21.8 Å². The number of para-hydroxylation sites is 2. The molecule has 0 saturated heterocycles. The fraction of sp³-hybridized carbons (Fsp3) is 0.0192. The Morgan fingerprint density at radius 3 is 1.32 bits per heavy atom. The molecule has 2 aromatic heterocycles. The highest BCUT2D eigenvalue weighted by Gasteiger charge is 2.52. The van der Waals surface area contributed by atoms with Gasteiger partial charge >= 0.3 is 0 Å². The number of hydrogen-bond donors (Lipinski definition) is 0. The summed E-state index contributed by atoms with van der Waals surface area (Å²) in [5.41, 5.74) is 16.0. The maximum Gasteiger partial charge on any atom is 0.164 e. The first-order valence-electron chi connectivity index (χ1n) is 19.1. The van der Waals surface area contributed by atoms with Gasteiger partial charge in [-0.15, -0.1) is 0 Å². The van der Waals surface area contributed by atoms with E-state index in [0.717, 1.165) is 22.4 Å². The Bertz CT molecular complexity index is 3040. The van der Waals surface area contributed by atoms with Crippen LogP contribution in [0, 0.1) is 0 Å². The van der Waals surface area contributed by atoms with Crippen LogP contribution in [0.5, 0.6) is 0 Å². The molecule has 2 heterocycles. The predicted octanol–water partition coefficient (Wildman–Crippen LogP) is 12.3. The second-order valence-corrected chi connectivity index (χ2v) is 14.7. The van der Waals surface area contributed by atoms with E-state index in [1.54, 1.807) is 0 Å². The van der Waals surface area contributed by atoms with E-state index in [9.17, 15) is 0 Å². The van der Waals surface area contributed by atoms with Crippen molar-refractivity contribution in [2.75, 3.05) is 0 Å². The van der Waals surface area contributed by atoms with Crippen LogP contribution in [0.1, 0.15) is 22.3 Å². The van der Waals surface area contributed by atoms with Crippen LogP contribution in [0.2, 0.25) is 0 Å². The standard InChI is InChI=1S/C52H32N4/c1-3-15-33(16-4-1)49-53-50(34-17-5-2-6-18-34)55-51(54-49)35-27-29-39-40-30-28-36(56-47-25-13-9-21-41(47)42-22-10-14-26-48(42)56)32-46(40)52(45(39)31-35)43-23-11-7-19-37(43)38-20-8-12-24-44(38)52/h1-32H. The van der Waals surface area contributed by atoms with Crippen molar-refractivity contribution in [1.82, 2.24) is 19.5 Å². The molecule has 0 saturated carbocycles. The molecule has 0 aliphatic heterocycles. The zero-order valence-corrected chi connectivity index (χ0v) is 30.3. The largest absolute Gasteiger partial charge is 0.309 e. The molecule has 0 fully saturated rings. The first-order valence-corrected chi connectivity index (χ1v) is 19.1. The lowest BCUT2D eigenvalue weighted by molar-refractivity contribution is 0.792. The van der Waals surface area contributed by atoms with E-state index in [2.05, 4.69) is 162 Å². The molecule has 4 nitrogen and oxygen atoms in total. The van der Waals surface area contributed by atoms with E-state index >= 15 is 0 Å². The summed E-state index contributed by atoms with van der Waals surface area (Å²) < 4.78 is 2.43. The molecular weight excluding hydrogens is 681 g/mol. The summed E-state index contributed by atoms with van der Waals surface area (Å²) in [4.78, 5) is 15.3. The topological polar surface area (TPSA) is 43.6 Å². The monoisotopic (exact) mass is 712 g/mol. The lowest BCUT2D eigenvalue weighted by Crippen LogP contribution is -2.26. The average Bonchev–Trinajstić information content (AvgIpc) is 3.88. The zero-order valence-electron chi connectivity index (χ0n) is 30.3. The van der Waals surface area contributed by atoms with Crippen molar-refractivity contribution in [1.29, 1.82) is 0 Å². The highest BCUT2D eigenvalue weighted by atomic mass is 15.0. The van der Waals surface area contributed by atoms with Crippen LogP contribution in [0.15, 0.2) is 194 Å². The number of nitrogens with zero attached hydrogens (tertiary/aromatic N) is 4. The van der Waals surface area contributed by atoms with Gasteiger partial charge in [0.1, 0.15) is 0 Å². The molecule has 10 aromatic rings. The zero-order chi connectivity index (χ0) is 36.8. The Kier molecular flexibility index (Phi) is 6.52. The molecule has 0 bridgehead atoms. The maximum atomic E-state index is 5.16. The van der Waals surface area contributed by atoms with Crippen LogP contribution < -0.4 is 0 Å². The SMILES string of the molecule is c1ccc(-c2nc(-c3ccccc3)nc(-c3ccc4c(c3)C3(c5ccccc5-c5ccccc53)c3cc(-n5c6ccccc6c6ccccc65)ccc3-4)n2)cc1. The molecule has 0 atom stereocenters. The van der Waals surface area contributed by atoms with Gasteiger partial charge in [0.25, 0.3) is 0 Å². The third-order valence-electron chi connectivity index (χ3n) is 11.9. The molecule has 4 heteroatoms. The van der Waals surface area contributed by atoms with E-state index in [0.29, 0.717) is 17.5 Å². The van der Waals surface area contributed by atoms with Gasteiger partial charge < -0.3 is 4.57 Å². The van der Waals surface area contributed by atoms with Gasteiger partial charge in [0.05, 0.1) is 16.4 Å².